The highest BCUT2D eigenvalue weighted by atomic mass is 79.9. The van der Waals surface area contributed by atoms with Gasteiger partial charge in [-0.2, -0.15) is 0 Å². The van der Waals surface area contributed by atoms with Crippen molar-refractivity contribution in [1.82, 2.24) is 14.8 Å². The van der Waals surface area contributed by atoms with Crippen molar-refractivity contribution in [1.29, 1.82) is 0 Å². The lowest BCUT2D eigenvalue weighted by molar-refractivity contribution is 0.0740. The van der Waals surface area contributed by atoms with Crippen LogP contribution in [0.5, 0.6) is 0 Å². The van der Waals surface area contributed by atoms with Gasteiger partial charge in [-0.1, -0.05) is 0 Å². The first-order valence-electron chi connectivity index (χ1n) is 7.23. The number of likely N-dealkylation sites (N-methyl/N-ethyl adjacent to an activating group) is 1. The number of halogens is 1. The van der Waals surface area contributed by atoms with E-state index in [9.17, 15) is 4.79 Å². The number of nitrogens with two attached hydrogens (primary N) is 1. The zero-order valence-electron chi connectivity index (χ0n) is 12.1. The van der Waals surface area contributed by atoms with Gasteiger partial charge in [-0.3, -0.25) is 9.69 Å². The van der Waals surface area contributed by atoms with E-state index in [2.05, 4.69) is 38.3 Å². The van der Waals surface area contributed by atoms with Crippen molar-refractivity contribution < 1.29 is 4.79 Å². The number of amides is 1. The summed E-state index contributed by atoms with van der Waals surface area (Å²) in [5, 5.41) is 0. The van der Waals surface area contributed by atoms with Gasteiger partial charge in [-0.25, -0.2) is 10.8 Å². The summed E-state index contributed by atoms with van der Waals surface area (Å²) in [7, 11) is 2.17. The second-order valence-corrected chi connectivity index (χ2v) is 6.70. The Morgan fingerprint density at radius 1 is 1.43 bits per heavy atom. The molecule has 2 fully saturated rings. The van der Waals surface area contributed by atoms with Crippen molar-refractivity contribution in [3.05, 3.63) is 22.3 Å². The second kappa shape index (κ2) is 5.90. The molecule has 2 aliphatic rings. The second-order valence-electron chi connectivity index (χ2n) is 5.78. The van der Waals surface area contributed by atoms with Crippen LogP contribution >= 0.6 is 15.9 Å². The van der Waals surface area contributed by atoms with Crippen LogP contribution < -0.4 is 11.3 Å². The van der Waals surface area contributed by atoms with E-state index >= 15 is 0 Å². The lowest BCUT2D eigenvalue weighted by atomic mass is 10.1. The molecule has 7 heteroatoms. The minimum absolute atomic E-state index is 0.00213. The maximum Gasteiger partial charge on any atom is 0.257 e. The van der Waals surface area contributed by atoms with Gasteiger partial charge in [0.05, 0.1) is 5.56 Å². The molecule has 3 heterocycles. The van der Waals surface area contributed by atoms with Gasteiger partial charge in [0.1, 0.15) is 0 Å². The summed E-state index contributed by atoms with van der Waals surface area (Å²) < 4.78 is 0.776. The molecule has 21 heavy (non-hydrogen) atoms. The number of nitrogens with zero attached hydrogens (tertiary/aromatic N) is 3. The Bertz CT molecular complexity index is 552. The van der Waals surface area contributed by atoms with Crippen molar-refractivity contribution in [2.45, 2.75) is 31.3 Å². The average molecular weight is 354 g/mol. The van der Waals surface area contributed by atoms with Crippen LogP contribution in [0.1, 0.15) is 29.6 Å². The fourth-order valence-electron chi connectivity index (χ4n) is 3.38. The number of pyridine rings is 1. The van der Waals surface area contributed by atoms with Crippen LogP contribution in [0.2, 0.25) is 0 Å². The number of fused-ring (bicyclic) bond motifs is 2. The molecule has 2 saturated heterocycles. The summed E-state index contributed by atoms with van der Waals surface area (Å²) in [6.07, 6.45) is 5.08. The van der Waals surface area contributed by atoms with Gasteiger partial charge in [0.2, 0.25) is 0 Å². The lowest BCUT2D eigenvalue weighted by Gasteiger charge is -2.26. The third-order valence-electron chi connectivity index (χ3n) is 4.66. The number of nitrogens with one attached hydrogen (secondary N) is 1. The molecule has 3 N–H and O–H groups in total. The van der Waals surface area contributed by atoms with Crippen LogP contribution in [0.15, 0.2) is 16.7 Å². The lowest BCUT2D eigenvalue weighted by Crippen LogP contribution is -2.40. The topological polar surface area (TPSA) is 74.5 Å². The molecule has 0 saturated carbocycles. The number of nitrogen functional groups attached to an aromatic ring is 1. The summed E-state index contributed by atoms with van der Waals surface area (Å²) in [4.78, 5) is 21.3. The average Bonchev–Trinajstić information content (AvgIpc) is 2.71. The molecule has 3 rings (SSSR count). The number of rotatable bonds is 2. The first-order chi connectivity index (χ1) is 10.1. The zero-order chi connectivity index (χ0) is 15.0. The molecule has 0 aromatic carbocycles. The zero-order valence-corrected chi connectivity index (χ0v) is 13.6. The molecule has 0 spiro atoms. The first-order valence-corrected chi connectivity index (χ1v) is 8.03. The molecule has 2 unspecified atom stereocenters. The van der Waals surface area contributed by atoms with E-state index in [0.717, 1.165) is 24.0 Å². The van der Waals surface area contributed by atoms with Crippen LogP contribution in [0.4, 0.5) is 5.82 Å². The number of likely N-dealkylation sites (tertiary alicyclic amines) is 1. The first kappa shape index (κ1) is 14.7. The molecule has 0 aliphatic carbocycles. The van der Waals surface area contributed by atoms with E-state index in [4.69, 9.17) is 5.84 Å². The van der Waals surface area contributed by atoms with E-state index < -0.39 is 0 Å². The van der Waals surface area contributed by atoms with Gasteiger partial charge in [0.25, 0.3) is 5.91 Å². The van der Waals surface area contributed by atoms with E-state index in [1.165, 1.54) is 12.8 Å². The minimum Gasteiger partial charge on any atom is -0.337 e. The summed E-state index contributed by atoms with van der Waals surface area (Å²) in [5.41, 5.74) is 3.03. The van der Waals surface area contributed by atoms with Crippen LogP contribution in [0.3, 0.4) is 0 Å². The number of hydrogen-bond donors (Lipinski definition) is 2. The number of carbonyl (C=O) groups is 1. The predicted octanol–water partition coefficient (Wildman–Crippen LogP) is 1.44. The Morgan fingerprint density at radius 2 is 2.19 bits per heavy atom. The van der Waals surface area contributed by atoms with Crippen LogP contribution in [-0.2, 0) is 0 Å². The third kappa shape index (κ3) is 2.77. The largest absolute Gasteiger partial charge is 0.337 e. The highest BCUT2D eigenvalue weighted by Crippen LogP contribution is 2.29. The Hall–Kier alpha value is -1.18. The fraction of sp³-hybridized carbons (Fsp3) is 0.571. The van der Waals surface area contributed by atoms with Crippen molar-refractivity contribution in [3.63, 3.8) is 0 Å². The summed E-state index contributed by atoms with van der Waals surface area (Å²) >= 11 is 3.37. The number of aromatic nitrogens is 1. The van der Waals surface area contributed by atoms with Gasteiger partial charge >= 0.3 is 0 Å². The van der Waals surface area contributed by atoms with Crippen LogP contribution in [0, 0.1) is 0 Å². The van der Waals surface area contributed by atoms with E-state index in [1.807, 2.05) is 4.90 Å². The molecule has 6 nitrogen and oxygen atoms in total. The fourth-order valence-corrected chi connectivity index (χ4v) is 3.71. The van der Waals surface area contributed by atoms with Gasteiger partial charge in [-0.15, -0.1) is 0 Å². The monoisotopic (exact) mass is 353 g/mol. The highest BCUT2D eigenvalue weighted by Gasteiger charge is 2.36. The van der Waals surface area contributed by atoms with E-state index in [1.54, 1.807) is 12.3 Å². The van der Waals surface area contributed by atoms with E-state index in [0.29, 0.717) is 23.5 Å². The van der Waals surface area contributed by atoms with Gasteiger partial charge < -0.3 is 10.3 Å². The van der Waals surface area contributed by atoms with E-state index in [-0.39, 0.29) is 5.91 Å². The predicted molar refractivity (Wildman–Crippen MR) is 84.8 cm³/mol. The molecule has 1 aromatic heterocycles. The van der Waals surface area contributed by atoms with Gasteiger partial charge in [0, 0.05) is 35.8 Å². The molecule has 2 atom stereocenters. The number of anilines is 1. The van der Waals surface area contributed by atoms with Crippen molar-refractivity contribution in [3.8, 4) is 0 Å². The number of hydrazine groups is 1. The highest BCUT2D eigenvalue weighted by molar-refractivity contribution is 9.10. The Morgan fingerprint density at radius 3 is 2.95 bits per heavy atom. The summed E-state index contributed by atoms with van der Waals surface area (Å²) in [5.74, 6) is 5.89. The summed E-state index contributed by atoms with van der Waals surface area (Å²) in [6, 6.07) is 2.86. The third-order valence-corrected chi connectivity index (χ3v) is 5.09. The standard InChI is InChI=1S/C14H20BrN5O/c1-19-10-2-3-11(19)8-20(5-4-10)14(21)12-6-9(15)7-17-13(12)18-16/h6-7,10-11H,2-5,8,16H2,1H3,(H,17,18). The maximum atomic E-state index is 12.8. The molecule has 2 aliphatic heterocycles. The molecule has 114 valence electrons. The smallest absolute Gasteiger partial charge is 0.257 e. The quantitative estimate of drug-likeness (QED) is 0.621. The molecular weight excluding hydrogens is 334 g/mol. The van der Waals surface area contributed by atoms with Gasteiger partial charge in [0.15, 0.2) is 5.82 Å². The van der Waals surface area contributed by atoms with Crippen LogP contribution in [0.25, 0.3) is 0 Å². The van der Waals surface area contributed by atoms with Crippen molar-refractivity contribution in [2.24, 2.45) is 5.84 Å². The SMILES string of the molecule is CN1C2CCC1CN(C(=O)c1cc(Br)cnc1NN)CC2. The molecule has 2 bridgehead atoms. The minimum atomic E-state index is -0.00213. The Labute approximate surface area is 132 Å². The maximum absolute atomic E-state index is 12.8. The van der Waals surface area contributed by atoms with Crippen molar-refractivity contribution in [2.75, 3.05) is 25.6 Å². The molecular formula is C14H20BrN5O. The Balaban J connectivity index is 1.84. The number of hydrogen-bond acceptors (Lipinski definition) is 5. The molecule has 1 amide bonds. The van der Waals surface area contributed by atoms with Crippen LogP contribution in [-0.4, -0.2) is 52.9 Å². The Kier molecular flexibility index (Phi) is 4.14. The molecule has 1 aromatic rings. The van der Waals surface area contributed by atoms with Crippen molar-refractivity contribution >= 4 is 27.7 Å². The normalized spacial score (nSPS) is 25.8. The number of carbonyl (C=O) groups excluding carboxylic acids is 1. The summed E-state index contributed by atoms with van der Waals surface area (Å²) in [6.45, 7) is 1.57. The molecule has 0 radical (unpaired) electrons. The van der Waals surface area contributed by atoms with Gasteiger partial charge in [-0.05, 0) is 48.3 Å².